The first-order valence-electron chi connectivity index (χ1n) is 11.7. The highest BCUT2D eigenvalue weighted by Crippen LogP contribution is 2.44. The molecular weight excluding hydrogens is 423 g/mol. The van der Waals surface area contributed by atoms with Crippen molar-refractivity contribution in [3.05, 3.63) is 51.9 Å². The van der Waals surface area contributed by atoms with Crippen LogP contribution in [0.2, 0.25) is 0 Å². The highest BCUT2D eigenvalue weighted by atomic mass is 32.1. The van der Waals surface area contributed by atoms with Crippen LogP contribution in [0.4, 0.5) is 10.2 Å². The van der Waals surface area contributed by atoms with Crippen LogP contribution < -0.4 is 4.90 Å². The monoisotopic (exact) mass is 450 g/mol. The van der Waals surface area contributed by atoms with Crippen LogP contribution in [-0.2, 0) is 12.8 Å². The molecule has 1 unspecified atom stereocenters. The molecule has 166 valence electrons. The Bertz CT molecular complexity index is 1200. The zero-order chi connectivity index (χ0) is 21.8. The highest BCUT2D eigenvalue weighted by Gasteiger charge is 2.32. The summed E-state index contributed by atoms with van der Waals surface area (Å²) in [6, 6.07) is 6.24. The van der Waals surface area contributed by atoms with Gasteiger partial charge in [-0.15, -0.1) is 11.3 Å². The van der Waals surface area contributed by atoms with Crippen LogP contribution in [0.15, 0.2) is 24.3 Å². The first kappa shape index (κ1) is 20.1. The molecule has 1 saturated carbocycles. The molecular formula is C25H27FN4OS. The van der Waals surface area contributed by atoms with E-state index in [9.17, 15) is 9.18 Å². The molecule has 7 heteroatoms. The van der Waals surface area contributed by atoms with Crippen molar-refractivity contribution in [2.24, 2.45) is 5.92 Å². The minimum atomic E-state index is -0.453. The molecule has 0 N–H and O–H groups in total. The highest BCUT2D eigenvalue weighted by molar-refractivity contribution is 7.19. The Balaban J connectivity index is 1.30. The van der Waals surface area contributed by atoms with E-state index in [4.69, 9.17) is 9.97 Å². The van der Waals surface area contributed by atoms with Crippen molar-refractivity contribution in [2.45, 2.75) is 44.9 Å². The van der Waals surface area contributed by atoms with Crippen LogP contribution >= 0.6 is 11.3 Å². The average molecular weight is 451 g/mol. The lowest BCUT2D eigenvalue weighted by atomic mass is 9.89. The van der Waals surface area contributed by atoms with Crippen molar-refractivity contribution in [1.82, 2.24) is 14.9 Å². The van der Waals surface area contributed by atoms with Crippen LogP contribution in [0, 0.1) is 11.7 Å². The summed E-state index contributed by atoms with van der Waals surface area (Å²) in [5, 5.41) is 1.25. The quantitative estimate of drug-likeness (QED) is 0.575. The molecule has 0 radical (unpaired) electrons. The molecule has 2 aromatic heterocycles. The predicted octanol–water partition coefficient (Wildman–Crippen LogP) is 4.80. The lowest BCUT2D eigenvalue weighted by molar-refractivity contribution is 0.0742. The third kappa shape index (κ3) is 3.47. The van der Waals surface area contributed by atoms with Gasteiger partial charge in [0.25, 0.3) is 5.91 Å². The molecule has 1 amide bonds. The Morgan fingerprint density at radius 3 is 2.62 bits per heavy atom. The Morgan fingerprint density at radius 1 is 1.09 bits per heavy atom. The maximum atomic E-state index is 14.1. The summed E-state index contributed by atoms with van der Waals surface area (Å²) >= 11 is 1.86. The second kappa shape index (κ2) is 7.80. The van der Waals surface area contributed by atoms with Crippen molar-refractivity contribution in [1.29, 1.82) is 0 Å². The molecule has 1 atom stereocenters. The first-order chi connectivity index (χ1) is 15.6. The summed E-state index contributed by atoms with van der Waals surface area (Å²) < 4.78 is 14.1. The number of aryl methyl sites for hydroxylation is 1. The number of anilines is 1. The minimum absolute atomic E-state index is 0.155. The van der Waals surface area contributed by atoms with Gasteiger partial charge in [0.1, 0.15) is 22.3 Å². The zero-order valence-corrected chi connectivity index (χ0v) is 19.1. The smallest absolute Gasteiger partial charge is 0.256 e. The molecule has 3 aliphatic rings. The topological polar surface area (TPSA) is 49.3 Å². The van der Waals surface area contributed by atoms with Gasteiger partial charge in [-0.2, -0.15) is 0 Å². The number of rotatable bonds is 3. The number of hydrogen-bond acceptors (Lipinski definition) is 5. The Morgan fingerprint density at radius 2 is 1.88 bits per heavy atom. The summed E-state index contributed by atoms with van der Waals surface area (Å²) in [6.45, 7) is 4.89. The molecule has 32 heavy (non-hydrogen) atoms. The molecule has 1 aromatic carbocycles. The predicted molar refractivity (Wildman–Crippen MR) is 125 cm³/mol. The maximum Gasteiger partial charge on any atom is 0.256 e. The SMILES string of the molecule is CC1CCc2c(sc3nc(C4CC4)nc(N4CCN(C(=O)c5ccccc5F)CC4)c23)C1. The molecule has 1 saturated heterocycles. The van der Waals surface area contributed by atoms with Crippen LogP contribution in [0.1, 0.15) is 58.7 Å². The van der Waals surface area contributed by atoms with E-state index in [1.54, 1.807) is 23.1 Å². The van der Waals surface area contributed by atoms with E-state index in [1.165, 1.54) is 41.2 Å². The van der Waals surface area contributed by atoms with Crippen molar-refractivity contribution >= 4 is 33.3 Å². The van der Waals surface area contributed by atoms with E-state index in [-0.39, 0.29) is 11.5 Å². The number of amides is 1. The molecule has 6 rings (SSSR count). The van der Waals surface area contributed by atoms with Gasteiger partial charge in [-0.25, -0.2) is 14.4 Å². The molecule has 1 aliphatic heterocycles. The summed E-state index contributed by atoms with van der Waals surface area (Å²) in [6.07, 6.45) is 5.81. The Labute approximate surface area is 191 Å². The second-order valence-corrected chi connectivity index (χ2v) is 10.6. The molecule has 5 nitrogen and oxygen atoms in total. The van der Waals surface area contributed by atoms with Crippen LogP contribution in [-0.4, -0.2) is 47.0 Å². The van der Waals surface area contributed by atoms with Crippen molar-refractivity contribution < 1.29 is 9.18 Å². The fourth-order valence-corrected chi connectivity index (χ4v) is 6.40. The maximum absolute atomic E-state index is 14.1. The first-order valence-corrected chi connectivity index (χ1v) is 12.5. The van der Waals surface area contributed by atoms with E-state index in [1.807, 2.05) is 11.3 Å². The third-order valence-electron chi connectivity index (χ3n) is 7.07. The van der Waals surface area contributed by atoms with E-state index >= 15 is 0 Å². The van der Waals surface area contributed by atoms with Gasteiger partial charge in [0, 0.05) is 37.0 Å². The van der Waals surface area contributed by atoms with Crippen molar-refractivity contribution in [2.75, 3.05) is 31.1 Å². The van der Waals surface area contributed by atoms with Gasteiger partial charge in [-0.05, 0) is 55.7 Å². The Kier molecular flexibility index (Phi) is 4.90. The van der Waals surface area contributed by atoms with Gasteiger partial charge >= 0.3 is 0 Å². The molecule has 0 bridgehead atoms. The zero-order valence-electron chi connectivity index (χ0n) is 18.3. The largest absolute Gasteiger partial charge is 0.352 e. The van der Waals surface area contributed by atoms with Crippen molar-refractivity contribution in [3.63, 3.8) is 0 Å². The number of aromatic nitrogens is 2. The van der Waals surface area contributed by atoms with Gasteiger partial charge in [-0.1, -0.05) is 19.1 Å². The third-order valence-corrected chi connectivity index (χ3v) is 8.21. The standard InChI is InChI=1S/C25H27FN4OS/c1-15-6-9-18-20(14-15)32-24-21(18)23(27-22(28-24)16-7-8-16)29-10-12-30(13-11-29)25(31)17-4-2-3-5-19(17)26/h2-5,15-16H,6-14H2,1H3. The fraction of sp³-hybridized carbons (Fsp3) is 0.480. The fourth-order valence-electron chi connectivity index (χ4n) is 5.02. The van der Waals surface area contributed by atoms with Gasteiger partial charge < -0.3 is 9.80 Å². The minimum Gasteiger partial charge on any atom is -0.352 e. The number of carbonyl (C=O) groups is 1. The number of halogens is 1. The molecule has 2 aliphatic carbocycles. The van der Waals surface area contributed by atoms with Crippen LogP contribution in [0.3, 0.4) is 0 Å². The average Bonchev–Trinajstić information content (AvgIpc) is 3.59. The molecule has 0 spiro atoms. The number of thiophene rings is 1. The van der Waals surface area contributed by atoms with E-state index < -0.39 is 5.82 Å². The number of benzene rings is 1. The lowest BCUT2D eigenvalue weighted by Gasteiger charge is -2.36. The van der Waals surface area contributed by atoms with E-state index in [0.717, 1.165) is 35.2 Å². The summed E-state index contributed by atoms with van der Waals surface area (Å²) in [5.41, 5.74) is 1.60. The van der Waals surface area contributed by atoms with Gasteiger partial charge in [0.15, 0.2) is 0 Å². The lowest BCUT2D eigenvalue weighted by Crippen LogP contribution is -2.49. The van der Waals surface area contributed by atoms with E-state index in [0.29, 0.717) is 32.1 Å². The second-order valence-electron chi connectivity index (χ2n) is 9.47. The van der Waals surface area contributed by atoms with Crippen LogP contribution in [0.25, 0.3) is 10.2 Å². The van der Waals surface area contributed by atoms with Gasteiger partial charge in [0.2, 0.25) is 0 Å². The summed E-state index contributed by atoms with van der Waals surface area (Å²) in [5.74, 6) is 2.59. The van der Waals surface area contributed by atoms with E-state index in [2.05, 4.69) is 11.8 Å². The number of nitrogens with zero attached hydrogens (tertiary/aromatic N) is 4. The Hall–Kier alpha value is -2.54. The van der Waals surface area contributed by atoms with Crippen molar-refractivity contribution in [3.8, 4) is 0 Å². The summed E-state index contributed by atoms with van der Waals surface area (Å²) in [7, 11) is 0. The van der Waals surface area contributed by atoms with Crippen LogP contribution in [0.5, 0.6) is 0 Å². The van der Waals surface area contributed by atoms with Gasteiger partial charge in [0.05, 0.1) is 10.9 Å². The van der Waals surface area contributed by atoms with Gasteiger partial charge in [-0.3, -0.25) is 4.79 Å². The number of fused-ring (bicyclic) bond motifs is 3. The number of carbonyl (C=O) groups excluding carboxylic acids is 1. The number of hydrogen-bond donors (Lipinski definition) is 0. The summed E-state index contributed by atoms with van der Waals surface area (Å²) in [4.78, 5) is 29.6. The molecule has 3 aromatic rings. The number of piperazine rings is 1. The molecule has 2 fully saturated rings. The molecule has 3 heterocycles. The normalized spacial score (nSPS) is 21.1.